The summed E-state index contributed by atoms with van der Waals surface area (Å²) in [7, 11) is 1.58. The molecular weight excluding hydrogens is 160 g/mol. The molecule has 0 bridgehead atoms. The van der Waals surface area contributed by atoms with Gasteiger partial charge in [0, 0.05) is 0 Å². The van der Waals surface area contributed by atoms with E-state index >= 15 is 0 Å². The zero-order valence-corrected chi connectivity index (χ0v) is 12.4. The number of rotatable bonds is 2. The first kappa shape index (κ1) is 10.7. The van der Waals surface area contributed by atoms with E-state index in [1.807, 2.05) is 0 Å². The molecule has 0 spiro atoms. The lowest BCUT2D eigenvalue weighted by Crippen LogP contribution is -1.96. The van der Waals surface area contributed by atoms with E-state index in [9.17, 15) is 0 Å². The van der Waals surface area contributed by atoms with Crippen LogP contribution in [0.5, 0.6) is 0 Å². The van der Waals surface area contributed by atoms with Crippen molar-refractivity contribution in [3.05, 3.63) is 0 Å². The van der Waals surface area contributed by atoms with Gasteiger partial charge in [0.05, 0.1) is 0 Å². The summed E-state index contributed by atoms with van der Waals surface area (Å²) >= 11 is 0. The van der Waals surface area contributed by atoms with Gasteiger partial charge in [-0.15, -0.1) is 0 Å². The van der Waals surface area contributed by atoms with Crippen molar-refractivity contribution in [1.29, 1.82) is 0 Å². The molecule has 0 aliphatic heterocycles. The second kappa shape index (κ2) is 15.9. The molecule has 0 aliphatic carbocycles. The van der Waals surface area contributed by atoms with Crippen molar-refractivity contribution in [2.24, 2.45) is 0 Å². The standard InChI is InChI=1S/H8O2Si3.H4OSi/c3-1-5-2-4;1-2/h5H2,3-4H3;1H,2H3. The average Bonchev–Trinajstić information content (AvgIpc) is 1.75. The highest BCUT2D eigenvalue weighted by Crippen LogP contribution is 1.52. The van der Waals surface area contributed by atoms with Crippen LogP contribution in [0.15, 0.2) is 0 Å². The van der Waals surface area contributed by atoms with Gasteiger partial charge in [0.15, 0.2) is 0 Å². The maximum absolute atomic E-state index is 7.14. The van der Waals surface area contributed by atoms with Crippen LogP contribution in [-0.4, -0.2) is 46.3 Å². The molecule has 0 fully saturated rings. The van der Waals surface area contributed by atoms with E-state index in [2.05, 4.69) is 0 Å². The first-order valence-corrected chi connectivity index (χ1v) is 5.52. The zero-order chi connectivity index (χ0) is 6.12. The van der Waals surface area contributed by atoms with Gasteiger partial charge in [0.2, 0.25) is 0 Å². The van der Waals surface area contributed by atoms with Crippen molar-refractivity contribution in [2.45, 2.75) is 0 Å². The molecular formula is H12O3Si4. The van der Waals surface area contributed by atoms with E-state index in [0.717, 1.165) is 21.0 Å². The molecule has 0 atom stereocenters. The lowest BCUT2D eigenvalue weighted by atomic mass is 15.8. The average molecular weight is 172 g/mol. The van der Waals surface area contributed by atoms with Crippen LogP contribution in [0.1, 0.15) is 0 Å². The van der Waals surface area contributed by atoms with E-state index in [1.54, 1.807) is 0 Å². The maximum Gasteiger partial charge on any atom is 0.282 e. The third kappa shape index (κ3) is 20.1. The predicted octanol–water partition coefficient (Wildman–Crippen LogP) is -5.16. The monoisotopic (exact) mass is 172 g/mol. The van der Waals surface area contributed by atoms with Crippen molar-refractivity contribution in [3.63, 3.8) is 0 Å². The summed E-state index contributed by atoms with van der Waals surface area (Å²) < 4.78 is 9.56. The van der Waals surface area contributed by atoms with Gasteiger partial charge in [0.1, 0.15) is 31.5 Å². The summed E-state index contributed by atoms with van der Waals surface area (Å²) in [5, 5.41) is 0. The lowest BCUT2D eigenvalue weighted by Gasteiger charge is -1.87. The SMILES string of the molecule is O[SiH3].[SiH3]O[SiH2]O[SiH3]. The third-order valence-corrected chi connectivity index (χ3v) is 2.12. The van der Waals surface area contributed by atoms with Crippen LogP contribution >= 0.6 is 0 Å². The van der Waals surface area contributed by atoms with E-state index in [-0.39, 0.29) is 0 Å². The van der Waals surface area contributed by atoms with Crippen molar-refractivity contribution in [1.82, 2.24) is 0 Å². The molecule has 0 saturated heterocycles. The highest BCUT2D eigenvalue weighted by Gasteiger charge is 1.66. The molecule has 3 nitrogen and oxygen atoms in total. The summed E-state index contributed by atoms with van der Waals surface area (Å²) in [5.74, 6) is 0. The second-order valence-corrected chi connectivity index (χ2v) is 5.55. The second-order valence-electron chi connectivity index (χ2n) is 0.695. The van der Waals surface area contributed by atoms with Crippen LogP contribution in [-0.2, 0) is 8.23 Å². The van der Waals surface area contributed by atoms with E-state index in [1.165, 1.54) is 0 Å². The van der Waals surface area contributed by atoms with Gasteiger partial charge in [-0.05, 0) is 0 Å². The molecule has 0 heterocycles. The first-order chi connectivity index (χ1) is 3.41. The van der Waals surface area contributed by atoms with Gasteiger partial charge in [-0.1, -0.05) is 0 Å². The van der Waals surface area contributed by atoms with Gasteiger partial charge in [-0.3, -0.25) is 0 Å². The quantitative estimate of drug-likeness (QED) is 0.424. The van der Waals surface area contributed by atoms with Crippen LogP contribution in [0.4, 0.5) is 0 Å². The Kier molecular flexibility index (Phi) is 24.2. The van der Waals surface area contributed by atoms with Crippen molar-refractivity contribution >= 4 is 41.5 Å². The van der Waals surface area contributed by atoms with Crippen LogP contribution in [0.3, 0.4) is 0 Å². The Morgan fingerprint density at radius 3 is 1.43 bits per heavy atom. The van der Waals surface area contributed by atoms with Crippen LogP contribution in [0.2, 0.25) is 0 Å². The first-order valence-electron chi connectivity index (χ1n) is 1.84. The highest BCUT2D eigenvalue weighted by molar-refractivity contribution is 6.33. The van der Waals surface area contributed by atoms with E-state index in [0.29, 0.717) is 10.5 Å². The van der Waals surface area contributed by atoms with Gasteiger partial charge in [-0.25, -0.2) is 0 Å². The minimum Gasteiger partial charge on any atom is -0.449 e. The van der Waals surface area contributed by atoms with Gasteiger partial charge in [-0.2, -0.15) is 0 Å². The molecule has 0 radical (unpaired) electrons. The molecule has 0 rings (SSSR count). The molecule has 0 unspecified atom stereocenters. The maximum atomic E-state index is 7.14. The molecule has 46 valence electrons. The number of hydrogen-bond donors (Lipinski definition) is 1. The largest absolute Gasteiger partial charge is 0.449 e. The molecule has 0 aromatic carbocycles. The molecule has 0 aromatic heterocycles. The fourth-order valence-corrected chi connectivity index (χ4v) is 3.18. The third-order valence-electron chi connectivity index (χ3n) is 0.236. The van der Waals surface area contributed by atoms with E-state index < -0.39 is 10.0 Å². The number of hydrogen-bond acceptors (Lipinski definition) is 3. The van der Waals surface area contributed by atoms with Gasteiger partial charge < -0.3 is 13.0 Å². The van der Waals surface area contributed by atoms with Crippen LogP contribution in [0, 0.1) is 0 Å². The molecule has 7 heavy (non-hydrogen) atoms. The summed E-state index contributed by atoms with van der Waals surface area (Å²) in [4.78, 5) is 7.14. The highest BCUT2D eigenvalue weighted by atomic mass is 28.3. The van der Waals surface area contributed by atoms with Crippen LogP contribution in [0.25, 0.3) is 0 Å². The van der Waals surface area contributed by atoms with Crippen molar-refractivity contribution < 1.29 is 13.0 Å². The Balaban J connectivity index is 0. The minimum absolute atomic E-state index is 0.306. The minimum atomic E-state index is -0.444. The van der Waals surface area contributed by atoms with Crippen LogP contribution < -0.4 is 0 Å². The summed E-state index contributed by atoms with van der Waals surface area (Å²) in [5.41, 5.74) is 0. The van der Waals surface area contributed by atoms with Gasteiger partial charge in [0.25, 0.3) is 10.0 Å². The zero-order valence-electron chi connectivity index (χ0n) is 4.97. The van der Waals surface area contributed by atoms with E-state index in [4.69, 9.17) is 13.0 Å². The molecule has 0 saturated carbocycles. The Morgan fingerprint density at radius 1 is 1.14 bits per heavy atom. The van der Waals surface area contributed by atoms with Crippen molar-refractivity contribution in [2.75, 3.05) is 0 Å². The lowest BCUT2D eigenvalue weighted by molar-refractivity contribution is 0.513. The summed E-state index contributed by atoms with van der Waals surface area (Å²) in [6.07, 6.45) is 0. The Morgan fingerprint density at radius 2 is 1.43 bits per heavy atom. The normalized spacial score (nSPS) is 9.86. The van der Waals surface area contributed by atoms with Gasteiger partial charge >= 0.3 is 0 Å². The topological polar surface area (TPSA) is 38.7 Å². The Bertz CT molecular complexity index is 14.4. The summed E-state index contributed by atoms with van der Waals surface area (Å²) in [6.45, 7) is 0. The Labute approximate surface area is 55.1 Å². The molecule has 1 N–H and O–H groups in total. The predicted molar refractivity (Wildman–Crippen MR) is 42.7 cm³/mol. The smallest absolute Gasteiger partial charge is 0.282 e. The molecule has 0 aliphatic rings. The Hall–Kier alpha value is 0.748. The van der Waals surface area contributed by atoms with Crippen molar-refractivity contribution in [3.8, 4) is 0 Å². The molecule has 0 aromatic rings. The summed E-state index contributed by atoms with van der Waals surface area (Å²) in [6, 6.07) is 0. The fourth-order valence-electron chi connectivity index (χ4n) is 0.118. The molecule has 7 heteroatoms. The molecule has 0 amide bonds. The fraction of sp³-hybridized carbons (Fsp3) is 0.